The summed E-state index contributed by atoms with van der Waals surface area (Å²) < 4.78 is 5.75. The van der Waals surface area contributed by atoms with Gasteiger partial charge in [-0.05, 0) is 30.0 Å². The highest BCUT2D eigenvalue weighted by molar-refractivity contribution is 5.43. The smallest absolute Gasteiger partial charge is 0.123 e. The van der Waals surface area contributed by atoms with Gasteiger partial charge in [0.25, 0.3) is 0 Å². The number of aromatic hydroxyl groups is 1. The van der Waals surface area contributed by atoms with Crippen molar-refractivity contribution >= 4 is 0 Å². The molecule has 0 aliphatic heterocycles. The van der Waals surface area contributed by atoms with E-state index in [1.807, 2.05) is 6.07 Å². The summed E-state index contributed by atoms with van der Waals surface area (Å²) in [4.78, 5) is 0. The van der Waals surface area contributed by atoms with Crippen LogP contribution in [0, 0.1) is 0 Å². The number of phenolic OH excluding ortho intramolecular Hbond substituents is 1. The minimum absolute atomic E-state index is 0.0136. The molecule has 90 valence electrons. The Labute approximate surface area is 98.3 Å². The first-order valence-corrected chi connectivity index (χ1v) is 5.91. The lowest BCUT2D eigenvalue weighted by Gasteiger charge is -2.23. The molecule has 0 radical (unpaired) electrons. The molecule has 2 nitrogen and oxygen atoms in total. The van der Waals surface area contributed by atoms with Crippen LogP contribution in [0.15, 0.2) is 18.2 Å². The lowest BCUT2D eigenvalue weighted by Crippen LogP contribution is -2.13. The first-order valence-electron chi connectivity index (χ1n) is 5.91. The largest absolute Gasteiger partial charge is 0.508 e. The number of phenols is 1. The predicted molar refractivity (Wildman–Crippen MR) is 67.2 cm³/mol. The van der Waals surface area contributed by atoms with Crippen molar-refractivity contribution in [1.82, 2.24) is 0 Å². The van der Waals surface area contributed by atoms with Gasteiger partial charge in [0.2, 0.25) is 0 Å². The fourth-order valence-corrected chi connectivity index (χ4v) is 1.56. The second-order valence-electron chi connectivity index (χ2n) is 5.13. The summed E-state index contributed by atoms with van der Waals surface area (Å²) in [6, 6.07) is 5.32. The van der Waals surface area contributed by atoms with Gasteiger partial charge in [-0.2, -0.15) is 0 Å². The Morgan fingerprint density at radius 1 is 1.25 bits per heavy atom. The Kier molecular flexibility index (Phi) is 4.22. The molecule has 0 amide bonds. The number of hydrogen-bond donors (Lipinski definition) is 1. The molecule has 0 saturated carbocycles. The zero-order valence-electron chi connectivity index (χ0n) is 10.7. The van der Waals surface area contributed by atoms with Gasteiger partial charge in [-0.15, -0.1) is 0 Å². The maximum Gasteiger partial charge on any atom is 0.123 e. The zero-order valence-corrected chi connectivity index (χ0v) is 10.7. The second kappa shape index (κ2) is 5.24. The molecule has 16 heavy (non-hydrogen) atoms. The van der Waals surface area contributed by atoms with Crippen molar-refractivity contribution in [3.63, 3.8) is 0 Å². The third-order valence-electron chi connectivity index (χ3n) is 2.53. The van der Waals surface area contributed by atoms with Gasteiger partial charge < -0.3 is 9.84 Å². The van der Waals surface area contributed by atoms with Gasteiger partial charge in [-0.25, -0.2) is 0 Å². The van der Waals surface area contributed by atoms with Crippen molar-refractivity contribution in [2.45, 2.75) is 46.0 Å². The fourth-order valence-electron chi connectivity index (χ4n) is 1.56. The van der Waals surface area contributed by atoms with E-state index in [0.29, 0.717) is 5.75 Å². The van der Waals surface area contributed by atoms with Crippen LogP contribution in [0.1, 0.15) is 46.1 Å². The second-order valence-corrected chi connectivity index (χ2v) is 5.13. The third kappa shape index (κ3) is 3.44. The summed E-state index contributed by atoms with van der Waals surface area (Å²) in [6.45, 7) is 9.24. The standard InChI is InChI=1S/C14H22O2/c1-5-6-9-16-13-8-7-11(15)10-12(13)14(2,3)4/h7-8,10,15H,5-6,9H2,1-4H3. The van der Waals surface area contributed by atoms with Gasteiger partial charge in [0.1, 0.15) is 11.5 Å². The number of ether oxygens (including phenoxy) is 1. The van der Waals surface area contributed by atoms with Crippen molar-refractivity contribution in [3.8, 4) is 11.5 Å². The van der Waals surface area contributed by atoms with Gasteiger partial charge in [0.15, 0.2) is 0 Å². The molecule has 0 aromatic heterocycles. The lowest BCUT2D eigenvalue weighted by atomic mass is 9.86. The molecule has 1 rings (SSSR count). The van der Waals surface area contributed by atoms with E-state index in [1.54, 1.807) is 12.1 Å². The first kappa shape index (κ1) is 12.9. The maximum atomic E-state index is 9.52. The molecule has 1 N–H and O–H groups in total. The van der Waals surface area contributed by atoms with E-state index >= 15 is 0 Å². The van der Waals surface area contributed by atoms with Gasteiger partial charge >= 0.3 is 0 Å². The van der Waals surface area contributed by atoms with Crippen LogP contribution in [-0.4, -0.2) is 11.7 Å². The summed E-state index contributed by atoms with van der Waals surface area (Å²) in [7, 11) is 0. The lowest BCUT2D eigenvalue weighted by molar-refractivity contribution is 0.300. The minimum atomic E-state index is -0.0136. The Bertz CT molecular complexity index is 337. The summed E-state index contributed by atoms with van der Waals surface area (Å²) >= 11 is 0. The van der Waals surface area contributed by atoms with Crippen molar-refractivity contribution < 1.29 is 9.84 Å². The van der Waals surface area contributed by atoms with Crippen LogP contribution in [0.5, 0.6) is 11.5 Å². The molecule has 1 aromatic carbocycles. The summed E-state index contributed by atoms with van der Waals surface area (Å²) in [5, 5.41) is 9.52. The highest BCUT2D eigenvalue weighted by Crippen LogP contribution is 2.34. The van der Waals surface area contributed by atoms with Crippen LogP contribution in [-0.2, 0) is 5.41 Å². The van der Waals surface area contributed by atoms with Crippen molar-refractivity contribution in [2.75, 3.05) is 6.61 Å². The Hall–Kier alpha value is -1.18. The fraction of sp³-hybridized carbons (Fsp3) is 0.571. The van der Waals surface area contributed by atoms with E-state index in [0.717, 1.165) is 30.8 Å². The van der Waals surface area contributed by atoms with Gasteiger partial charge in [0, 0.05) is 5.56 Å². The van der Waals surface area contributed by atoms with Crippen molar-refractivity contribution in [3.05, 3.63) is 23.8 Å². The molecule has 0 atom stereocenters. The van der Waals surface area contributed by atoms with Gasteiger partial charge in [-0.1, -0.05) is 34.1 Å². The molecule has 0 spiro atoms. The van der Waals surface area contributed by atoms with Crippen LogP contribution in [0.4, 0.5) is 0 Å². The van der Waals surface area contributed by atoms with E-state index < -0.39 is 0 Å². The van der Waals surface area contributed by atoms with Crippen molar-refractivity contribution in [2.24, 2.45) is 0 Å². The molecular weight excluding hydrogens is 200 g/mol. The SMILES string of the molecule is CCCCOc1ccc(O)cc1C(C)(C)C. The molecule has 0 aliphatic carbocycles. The van der Waals surface area contributed by atoms with Crippen LogP contribution in [0.3, 0.4) is 0 Å². The predicted octanol–water partition coefficient (Wildman–Crippen LogP) is 3.87. The summed E-state index contributed by atoms with van der Waals surface area (Å²) in [5.41, 5.74) is 1.05. The number of rotatable bonds is 4. The average Bonchev–Trinajstić information content (AvgIpc) is 2.19. The molecule has 0 saturated heterocycles. The minimum Gasteiger partial charge on any atom is -0.508 e. The summed E-state index contributed by atoms with van der Waals surface area (Å²) in [5.74, 6) is 1.19. The van der Waals surface area contributed by atoms with E-state index in [1.165, 1.54) is 0 Å². The third-order valence-corrected chi connectivity index (χ3v) is 2.53. The van der Waals surface area contributed by atoms with E-state index in [2.05, 4.69) is 27.7 Å². The monoisotopic (exact) mass is 222 g/mol. The highest BCUT2D eigenvalue weighted by Gasteiger charge is 2.19. The van der Waals surface area contributed by atoms with Crippen LogP contribution >= 0.6 is 0 Å². The summed E-state index contributed by atoms with van der Waals surface area (Å²) in [6.07, 6.45) is 2.19. The van der Waals surface area contributed by atoms with Crippen LogP contribution in [0.2, 0.25) is 0 Å². The van der Waals surface area contributed by atoms with E-state index in [9.17, 15) is 5.11 Å². The molecular formula is C14H22O2. The molecule has 1 aromatic rings. The normalized spacial score (nSPS) is 11.5. The van der Waals surface area contributed by atoms with Crippen LogP contribution in [0.25, 0.3) is 0 Å². The maximum absolute atomic E-state index is 9.52. The quantitative estimate of drug-likeness (QED) is 0.784. The molecule has 2 heteroatoms. The van der Waals surface area contributed by atoms with Crippen LogP contribution < -0.4 is 4.74 Å². The van der Waals surface area contributed by atoms with Gasteiger partial charge in [0.05, 0.1) is 6.61 Å². The Morgan fingerprint density at radius 3 is 2.50 bits per heavy atom. The molecule has 0 unspecified atom stereocenters. The zero-order chi connectivity index (χ0) is 12.2. The Morgan fingerprint density at radius 2 is 1.94 bits per heavy atom. The topological polar surface area (TPSA) is 29.5 Å². The van der Waals surface area contributed by atoms with E-state index in [-0.39, 0.29) is 5.41 Å². The highest BCUT2D eigenvalue weighted by atomic mass is 16.5. The average molecular weight is 222 g/mol. The van der Waals surface area contributed by atoms with E-state index in [4.69, 9.17) is 4.74 Å². The molecule has 0 heterocycles. The number of unbranched alkanes of at least 4 members (excludes halogenated alkanes) is 1. The molecule has 0 bridgehead atoms. The molecule has 0 aliphatic rings. The number of hydrogen-bond acceptors (Lipinski definition) is 2. The Balaban J connectivity index is 2.90. The van der Waals surface area contributed by atoms with Crippen molar-refractivity contribution in [1.29, 1.82) is 0 Å². The molecule has 0 fully saturated rings. The first-order chi connectivity index (χ1) is 7.45. The van der Waals surface area contributed by atoms with Gasteiger partial charge in [-0.3, -0.25) is 0 Å². The number of benzene rings is 1.